The van der Waals surface area contributed by atoms with Crippen molar-refractivity contribution < 1.29 is 4.74 Å². The first kappa shape index (κ1) is 18.9. The number of rotatable bonds is 6. The van der Waals surface area contributed by atoms with Gasteiger partial charge in [-0.15, -0.1) is 0 Å². The lowest BCUT2D eigenvalue weighted by Gasteiger charge is -2.24. The maximum Gasteiger partial charge on any atom is 0.199 e. The number of likely N-dealkylation sites (tertiary alicyclic amines) is 1. The number of benzene rings is 2. The summed E-state index contributed by atoms with van der Waals surface area (Å²) in [5.41, 5.74) is 2.41. The van der Waals surface area contributed by atoms with Crippen molar-refractivity contribution in [3.63, 3.8) is 0 Å². The van der Waals surface area contributed by atoms with E-state index in [1.165, 1.54) is 12.0 Å². The maximum absolute atomic E-state index is 5.67. The largest absolute Gasteiger partial charge is 0.494 e. The summed E-state index contributed by atoms with van der Waals surface area (Å²) in [6, 6.07) is 19.1. The predicted molar refractivity (Wildman–Crippen MR) is 114 cm³/mol. The summed E-state index contributed by atoms with van der Waals surface area (Å²) in [7, 11) is 1.99. The van der Waals surface area contributed by atoms with Gasteiger partial charge in [0.1, 0.15) is 5.75 Å². The molecule has 6 heteroatoms. The van der Waals surface area contributed by atoms with E-state index >= 15 is 0 Å². The first-order valence-corrected chi connectivity index (χ1v) is 10.2. The molecule has 1 aliphatic rings. The van der Waals surface area contributed by atoms with Gasteiger partial charge >= 0.3 is 0 Å². The molecule has 1 fully saturated rings. The Balaban J connectivity index is 1.56. The van der Waals surface area contributed by atoms with Gasteiger partial charge < -0.3 is 9.30 Å². The van der Waals surface area contributed by atoms with E-state index in [0.29, 0.717) is 19.3 Å². The van der Waals surface area contributed by atoms with Gasteiger partial charge in [-0.25, -0.2) is 4.68 Å². The highest BCUT2D eigenvalue weighted by molar-refractivity contribution is 7.71. The fourth-order valence-corrected chi connectivity index (χ4v) is 4.10. The van der Waals surface area contributed by atoms with E-state index in [-0.39, 0.29) is 0 Å². The molecule has 0 saturated carbocycles. The molecule has 1 atom stereocenters. The molecule has 0 radical (unpaired) electrons. The number of hydrogen-bond acceptors (Lipinski definition) is 4. The van der Waals surface area contributed by atoms with Crippen LogP contribution in [0.1, 0.15) is 31.4 Å². The zero-order valence-corrected chi connectivity index (χ0v) is 17.2. The minimum absolute atomic E-state index is 0.389. The molecule has 5 nitrogen and oxygen atoms in total. The summed E-state index contributed by atoms with van der Waals surface area (Å²) in [5.74, 6) is 1.83. The van der Waals surface area contributed by atoms with E-state index in [0.717, 1.165) is 34.9 Å². The number of nitrogens with zero attached hydrogens (tertiary/aromatic N) is 4. The minimum atomic E-state index is 0.389. The van der Waals surface area contributed by atoms with Gasteiger partial charge in [0, 0.05) is 25.2 Å². The highest BCUT2D eigenvalue weighted by Gasteiger charge is 2.27. The molecule has 4 rings (SSSR count). The number of hydrogen-bond donors (Lipinski definition) is 0. The van der Waals surface area contributed by atoms with Crippen molar-refractivity contribution in [3.8, 4) is 17.1 Å². The Morgan fingerprint density at radius 3 is 2.57 bits per heavy atom. The Labute approximate surface area is 171 Å². The predicted octanol–water partition coefficient (Wildman–Crippen LogP) is 4.81. The van der Waals surface area contributed by atoms with Gasteiger partial charge in [-0.05, 0) is 49.7 Å². The summed E-state index contributed by atoms with van der Waals surface area (Å²) < 4.78 is 10.3. The number of ether oxygens (including phenoxy) is 1. The van der Waals surface area contributed by atoms with E-state index in [9.17, 15) is 0 Å². The molecule has 1 aliphatic heterocycles. The van der Waals surface area contributed by atoms with E-state index in [4.69, 9.17) is 22.1 Å². The Bertz CT molecular complexity index is 978. The van der Waals surface area contributed by atoms with Crippen LogP contribution in [-0.4, -0.2) is 32.4 Å². The van der Waals surface area contributed by atoms with Gasteiger partial charge in [0.2, 0.25) is 0 Å². The molecule has 28 heavy (non-hydrogen) atoms. The Morgan fingerprint density at radius 2 is 1.86 bits per heavy atom. The van der Waals surface area contributed by atoms with Crippen LogP contribution in [0.25, 0.3) is 11.4 Å². The molecule has 2 aromatic carbocycles. The van der Waals surface area contributed by atoms with Gasteiger partial charge in [-0.2, -0.15) is 5.10 Å². The van der Waals surface area contributed by atoms with Crippen molar-refractivity contribution in [1.29, 1.82) is 0 Å². The minimum Gasteiger partial charge on any atom is -0.494 e. The van der Waals surface area contributed by atoms with Crippen LogP contribution < -0.4 is 4.74 Å². The highest BCUT2D eigenvalue weighted by atomic mass is 32.1. The van der Waals surface area contributed by atoms with Crippen LogP contribution in [0.3, 0.4) is 0 Å². The lowest BCUT2D eigenvalue weighted by Crippen LogP contribution is -2.27. The second kappa shape index (κ2) is 8.29. The van der Waals surface area contributed by atoms with E-state index in [1.54, 1.807) is 0 Å². The monoisotopic (exact) mass is 394 g/mol. The molecule has 3 aromatic rings. The zero-order chi connectivity index (χ0) is 19.5. The third kappa shape index (κ3) is 3.75. The molecule has 0 N–H and O–H groups in total. The first-order valence-electron chi connectivity index (χ1n) is 9.83. The van der Waals surface area contributed by atoms with Crippen LogP contribution in [-0.2, 0) is 13.7 Å². The Kier molecular flexibility index (Phi) is 5.59. The molecule has 1 aromatic heterocycles. The summed E-state index contributed by atoms with van der Waals surface area (Å²) in [6.45, 7) is 4.46. The van der Waals surface area contributed by atoms with Crippen LogP contribution in [0, 0.1) is 4.77 Å². The third-order valence-electron chi connectivity index (χ3n) is 5.33. The van der Waals surface area contributed by atoms with Crippen LogP contribution >= 0.6 is 12.2 Å². The maximum atomic E-state index is 5.67. The van der Waals surface area contributed by atoms with Gasteiger partial charge in [0.15, 0.2) is 10.6 Å². The van der Waals surface area contributed by atoms with Crippen LogP contribution in [0.15, 0.2) is 54.6 Å². The van der Waals surface area contributed by atoms with Crippen molar-refractivity contribution in [1.82, 2.24) is 19.2 Å². The zero-order valence-electron chi connectivity index (χ0n) is 16.4. The van der Waals surface area contributed by atoms with E-state index in [2.05, 4.69) is 41.3 Å². The van der Waals surface area contributed by atoms with E-state index in [1.807, 2.05) is 41.4 Å². The van der Waals surface area contributed by atoms with Crippen molar-refractivity contribution >= 4 is 12.2 Å². The summed E-state index contributed by atoms with van der Waals surface area (Å²) in [5, 5.41) is 4.82. The van der Waals surface area contributed by atoms with E-state index < -0.39 is 0 Å². The first-order chi connectivity index (χ1) is 13.7. The Morgan fingerprint density at radius 1 is 1.11 bits per heavy atom. The molecule has 0 unspecified atom stereocenters. The lowest BCUT2D eigenvalue weighted by atomic mass is 10.0. The topological polar surface area (TPSA) is 35.2 Å². The molecule has 0 bridgehead atoms. The molecule has 1 saturated heterocycles. The molecule has 2 heterocycles. The molecule has 0 aliphatic carbocycles. The van der Waals surface area contributed by atoms with Gasteiger partial charge in [-0.1, -0.05) is 42.5 Å². The quantitative estimate of drug-likeness (QED) is 0.562. The molecule has 146 valence electrons. The average Bonchev–Trinajstić information content (AvgIpc) is 3.30. The SMILES string of the molecule is CCOc1ccc([C@H]2CCCN2Cn2nc(-c3ccccc3)n(C)c2=S)cc1. The Hall–Kier alpha value is -2.44. The molecular weight excluding hydrogens is 368 g/mol. The normalized spacial score (nSPS) is 17.1. The van der Waals surface area contributed by atoms with Gasteiger partial charge in [-0.3, -0.25) is 4.90 Å². The smallest absolute Gasteiger partial charge is 0.199 e. The molecule has 0 spiro atoms. The van der Waals surface area contributed by atoms with Crippen molar-refractivity contribution in [2.75, 3.05) is 13.2 Å². The summed E-state index contributed by atoms with van der Waals surface area (Å²) in [6.07, 6.45) is 2.34. The lowest BCUT2D eigenvalue weighted by molar-refractivity contribution is 0.190. The summed E-state index contributed by atoms with van der Waals surface area (Å²) >= 11 is 5.67. The van der Waals surface area contributed by atoms with Gasteiger partial charge in [0.05, 0.1) is 13.3 Å². The second-order valence-corrected chi connectivity index (χ2v) is 7.51. The second-order valence-electron chi connectivity index (χ2n) is 7.14. The van der Waals surface area contributed by atoms with Crippen molar-refractivity contribution in [3.05, 3.63) is 64.9 Å². The van der Waals surface area contributed by atoms with Crippen molar-refractivity contribution in [2.45, 2.75) is 32.5 Å². The fraction of sp³-hybridized carbons (Fsp3) is 0.364. The fourth-order valence-electron chi connectivity index (χ4n) is 3.92. The third-order valence-corrected chi connectivity index (χ3v) is 5.81. The van der Waals surface area contributed by atoms with Crippen LogP contribution in [0.4, 0.5) is 0 Å². The van der Waals surface area contributed by atoms with Crippen molar-refractivity contribution in [2.24, 2.45) is 7.05 Å². The van der Waals surface area contributed by atoms with Gasteiger partial charge in [0.25, 0.3) is 0 Å². The van der Waals surface area contributed by atoms with Crippen LogP contribution in [0.5, 0.6) is 5.75 Å². The highest BCUT2D eigenvalue weighted by Crippen LogP contribution is 2.33. The number of aromatic nitrogens is 3. The standard InChI is InChI=1S/C22H26N4OS/c1-3-27-19-13-11-17(12-14-19)20-10-7-15-25(20)16-26-22(28)24(2)21(23-26)18-8-5-4-6-9-18/h4-6,8-9,11-14,20H,3,7,10,15-16H2,1-2H3/t20-/m1/s1. The molecule has 0 amide bonds. The average molecular weight is 395 g/mol. The summed E-state index contributed by atoms with van der Waals surface area (Å²) in [4.78, 5) is 2.47. The van der Waals surface area contributed by atoms with Crippen LogP contribution in [0.2, 0.25) is 0 Å². The molecular formula is C22H26N4OS.